The fourth-order valence-corrected chi connectivity index (χ4v) is 4.04. The molecule has 1 aliphatic carbocycles. The Bertz CT molecular complexity index is 446. The minimum absolute atomic E-state index is 0.814. The van der Waals surface area contributed by atoms with E-state index in [0.717, 1.165) is 43.0 Å². The maximum absolute atomic E-state index is 5.91. The molecule has 2 rings (SSSR count). The number of ether oxygens (including phenoxy) is 2. The van der Waals surface area contributed by atoms with E-state index in [2.05, 4.69) is 13.8 Å². The highest BCUT2D eigenvalue weighted by Gasteiger charge is 2.20. The van der Waals surface area contributed by atoms with E-state index in [1.165, 1.54) is 70.6 Å². The molecule has 26 heavy (non-hydrogen) atoms. The molecule has 0 amide bonds. The predicted octanol–water partition coefficient (Wildman–Crippen LogP) is 7.41. The van der Waals surface area contributed by atoms with Crippen LogP contribution in [0.5, 0.6) is 11.5 Å². The summed E-state index contributed by atoms with van der Waals surface area (Å²) in [5, 5.41) is 0. The van der Waals surface area contributed by atoms with Crippen LogP contribution >= 0.6 is 0 Å². The monoisotopic (exact) mass is 360 g/mol. The van der Waals surface area contributed by atoms with Crippen LogP contribution < -0.4 is 9.47 Å². The highest BCUT2D eigenvalue weighted by molar-refractivity contribution is 5.31. The van der Waals surface area contributed by atoms with Gasteiger partial charge in [0.25, 0.3) is 0 Å². The van der Waals surface area contributed by atoms with Gasteiger partial charge in [0.15, 0.2) is 0 Å². The molecule has 0 spiro atoms. The zero-order valence-corrected chi connectivity index (χ0v) is 17.2. The summed E-state index contributed by atoms with van der Waals surface area (Å²) in [6, 6.07) is 8.12. The lowest BCUT2D eigenvalue weighted by Gasteiger charge is -2.28. The summed E-state index contributed by atoms with van der Waals surface area (Å²) in [6.45, 7) is 6.17. The molecule has 0 atom stereocenters. The Morgan fingerprint density at radius 1 is 0.654 bits per heavy atom. The largest absolute Gasteiger partial charge is 0.494 e. The van der Waals surface area contributed by atoms with Crippen LogP contribution in [-0.4, -0.2) is 13.2 Å². The molecular formula is C24H40O2. The van der Waals surface area contributed by atoms with Crippen molar-refractivity contribution < 1.29 is 9.47 Å². The van der Waals surface area contributed by atoms with E-state index in [-0.39, 0.29) is 0 Å². The van der Waals surface area contributed by atoms with Gasteiger partial charge in [0.1, 0.15) is 11.5 Å². The highest BCUT2D eigenvalue weighted by Crippen LogP contribution is 2.34. The third kappa shape index (κ3) is 8.47. The molecule has 0 heterocycles. The van der Waals surface area contributed by atoms with Crippen molar-refractivity contribution in [2.45, 2.75) is 90.9 Å². The number of unbranched alkanes of at least 4 members (excludes halogenated alkanes) is 3. The third-order valence-electron chi connectivity index (χ3n) is 5.80. The van der Waals surface area contributed by atoms with Crippen LogP contribution in [0.3, 0.4) is 0 Å². The van der Waals surface area contributed by atoms with Gasteiger partial charge in [-0.1, -0.05) is 71.6 Å². The van der Waals surface area contributed by atoms with Crippen molar-refractivity contribution in [3.05, 3.63) is 24.3 Å². The van der Waals surface area contributed by atoms with Gasteiger partial charge in [-0.05, 0) is 55.4 Å². The SMILES string of the molecule is CCCCCOc1ccc(OCCC[C@H]2CC[C@H](CCCC)CC2)cc1. The Morgan fingerprint density at radius 3 is 1.62 bits per heavy atom. The second kappa shape index (κ2) is 13.1. The van der Waals surface area contributed by atoms with Gasteiger partial charge in [0.2, 0.25) is 0 Å². The topological polar surface area (TPSA) is 18.5 Å². The van der Waals surface area contributed by atoms with Crippen LogP contribution in [0.4, 0.5) is 0 Å². The summed E-state index contributed by atoms with van der Waals surface area (Å²) in [4.78, 5) is 0. The highest BCUT2D eigenvalue weighted by atomic mass is 16.5. The number of benzene rings is 1. The maximum Gasteiger partial charge on any atom is 0.119 e. The van der Waals surface area contributed by atoms with Crippen molar-refractivity contribution in [3.8, 4) is 11.5 Å². The summed E-state index contributed by atoms with van der Waals surface area (Å²) < 4.78 is 11.7. The van der Waals surface area contributed by atoms with Crippen molar-refractivity contribution in [2.24, 2.45) is 11.8 Å². The molecule has 0 saturated heterocycles. The first kappa shape index (κ1) is 21.1. The van der Waals surface area contributed by atoms with E-state index in [4.69, 9.17) is 9.47 Å². The van der Waals surface area contributed by atoms with Crippen LogP contribution in [0.1, 0.15) is 90.9 Å². The molecule has 1 aromatic rings. The number of rotatable bonds is 13. The van der Waals surface area contributed by atoms with Crippen molar-refractivity contribution in [2.75, 3.05) is 13.2 Å². The predicted molar refractivity (Wildman–Crippen MR) is 111 cm³/mol. The molecule has 0 N–H and O–H groups in total. The average Bonchev–Trinajstić information content (AvgIpc) is 2.69. The van der Waals surface area contributed by atoms with Crippen LogP contribution in [0.2, 0.25) is 0 Å². The smallest absolute Gasteiger partial charge is 0.119 e. The van der Waals surface area contributed by atoms with Crippen molar-refractivity contribution in [1.82, 2.24) is 0 Å². The molecular weight excluding hydrogens is 320 g/mol. The molecule has 0 bridgehead atoms. The first-order valence-corrected chi connectivity index (χ1v) is 11.2. The minimum atomic E-state index is 0.814. The zero-order valence-electron chi connectivity index (χ0n) is 17.2. The molecule has 2 heteroatoms. The van der Waals surface area contributed by atoms with Gasteiger partial charge in [-0.25, -0.2) is 0 Å². The van der Waals surface area contributed by atoms with Gasteiger partial charge in [0, 0.05) is 0 Å². The lowest BCUT2D eigenvalue weighted by molar-refractivity contribution is 0.228. The molecule has 148 valence electrons. The summed E-state index contributed by atoms with van der Waals surface area (Å²) in [5.74, 6) is 3.88. The molecule has 1 aliphatic rings. The molecule has 2 nitrogen and oxygen atoms in total. The molecule has 1 fully saturated rings. The number of hydrogen-bond acceptors (Lipinski definition) is 2. The van der Waals surface area contributed by atoms with E-state index in [1.807, 2.05) is 24.3 Å². The van der Waals surface area contributed by atoms with Crippen LogP contribution in [0, 0.1) is 11.8 Å². The fraction of sp³-hybridized carbons (Fsp3) is 0.750. The first-order valence-electron chi connectivity index (χ1n) is 11.2. The van der Waals surface area contributed by atoms with Crippen molar-refractivity contribution in [1.29, 1.82) is 0 Å². The van der Waals surface area contributed by atoms with Crippen LogP contribution in [-0.2, 0) is 0 Å². The molecule has 1 saturated carbocycles. The van der Waals surface area contributed by atoms with Gasteiger partial charge >= 0.3 is 0 Å². The summed E-state index contributed by atoms with van der Waals surface area (Å²) in [7, 11) is 0. The standard InChI is InChI=1S/C24H40O2/c1-3-5-7-19-25-23-15-17-24(18-16-23)26-20-8-10-22-13-11-21(12-14-22)9-6-4-2/h15-18,21-22H,3-14,19-20H2,1-2H3/t21-,22-. The van der Waals surface area contributed by atoms with E-state index in [1.54, 1.807) is 0 Å². The van der Waals surface area contributed by atoms with E-state index < -0.39 is 0 Å². The first-order chi connectivity index (χ1) is 12.8. The second-order valence-electron chi connectivity index (χ2n) is 8.05. The van der Waals surface area contributed by atoms with E-state index >= 15 is 0 Å². The van der Waals surface area contributed by atoms with Gasteiger partial charge in [-0.15, -0.1) is 0 Å². The summed E-state index contributed by atoms with van der Waals surface area (Å²) in [6.07, 6.45) is 16.2. The maximum atomic E-state index is 5.91. The van der Waals surface area contributed by atoms with Gasteiger partial charge < -0.3 is 9.47 Å². The Balaban J connectivity index is 1.53. The number of hydrogen-bond donors (Lipinski definition) is 0. The van der Waals surface area contributed by atoms with Gasteiger partial charge in [-0.2, -0.15) is 0 Å². The van der Waals surface area contributed by atoms with Crippen molar-refractivity contribution >= 4 is 0 Å². The Kier molecular flexibility index (Phi) is 10.6. The molecule has 0 radical (unpaired) electrons. The van der Waals surface area contributed by atoms with E-state index in [0.29, 0.717) is 0 Å². The minimum Gasteiger partial charge on any atom is -0.494 e. The Labute approximate surface area is 161 Å². The second-order valence-corrected chi connectivity index (χ2v) is 8.05. The molecule has 0 aliphatic heterocycles. The summed E-state index contributed by atoms with van der Waals surface area (Å²) >= 11 is 0. The van der Waals surface area contributed by atoms with Crippen LogP contribution in [0.15, 0.2) is 24.3 Å². The lowest BCUT2D eigenvalue weighted by atomic mass is 9.78. The third-order valence-corrected chi connectivity index (χ3v) is 5.80. The fourth-order valence-electron chi connectivity index (χ4n) is 4.04. The summed E-state index contributed by atoms with van der Waals surface area (Å²) in [5.41, 5.74) is 0. The quantitative estimate of drug-likeness (QED) is 0.341. The van der Waals surface area contributed by atoms with Gasteiger partial charge in [-0.3, -0.25) is 0 Å². The van der Waals surface area contributed by atoms with E-state index in [9.17, 15) is 0 Å². The van der Waals surface area contributed by atoms with Crippen molar-refractivity contribution in [3.63, 3.8) is 0 Å². The Morgan fingerprint density at radius 2 is 1.12 bits per heavy atom. The zero-order chi connectivity index (χ0) is 18.5. The normalized spacial score (nSPS) is 20.1. The average molecular weight is 361 g/mol. The lowest BCUT2D eigenvalue weighted by Crippen LogP contribution is -2.15. The van der Waals surface area contributed by atoms with Crippen LogP contribution in [0.25, 0.3) is 0 Å². The molecule has 0 aromatic heterocycles. The Hall–Kier alpha value is -1.18. The van der Waals surface area contributed by atoms with Gasteiger partial charge in [0.05, 0.1) is 13.2 Å². The molecule has 0 unspecified atom stereocenters. The molecule has 1 aromatic carbocycles.